The van der Waals surface area contributed by atoms with E-state index < -0.39 is 0 Å². The van der Waals surface area contributed by atoms with Gasteiger partial charge in [-0.15, -0.1) is 0 Å². The van der Waals surface area contributed by atoms with E-state index >= 15 is 0 Å². The molecule has 4 heteroatoms. The fraction of sp³-hybridized carbons (Fsp3) is 0.240. The van der Waals surface area contributed by atoms with E-state index in [1.54, 1.807) is 0 Å². The monoisotopic (exact) mass is 466 g/mol. The standard InChI is InChI=1S/C25H27BrN2S/c1-25(2,3)21-11-15-23(16-12-21)27-24(29)28(17-19-7-5-4-6-8-19)18-20-9-13-22(26)14-10-20/h4-16H,17-18H2,1-3H3,(H,27,29). The fourth-order valence-electron chi connectivity index (χ4n) is 3.07. The Bertz CT molecular complexity index is 929. The van der Waals surface area contributed by atoms with E-state index in [1.165, 1.54) is 16.7 Å². The molecule has 0 atom stereocenters. The summed E-state index contributed by atoms with van der Waals surface area (Å²) in [5.74, 6) is 0. The van der Waals surface area contributed by atoms with E-state index in [9.17, 15) is 0 Å². The van der Waals surface area contributed by atoms with Gasteiger partial charge in [-0.3, -0.25) is 0 Å². The first kappa shape index (κ1) is 21.5. The van der Waals surface area contributed by atoms with Gasteiger partial charge < -0.3 is 10.2 Å². The second-order valence-corrected chi connectivity index (χ2v) is 9.53. The molecule has 0 aliphatic heterocycles. The molecule has 29 heavy (non-hydrogen) atoms. The van der Waals surface area contributed by atoms with Crippen molar-refractivity contribution in [3.8, 4) is 0 Å². The number of halogens is 1. The molecule has 150 valence electrons. The van der Waals surface area contributed by atoms with Crippen LogP contribution in [0.2, 0.25) is 0 Å². The third-order valence-electron chi connectivity index (χ3n) is 4.79. The first-order valence-electron chi connectivity index (χ1n) is 9.76. The van der Waals surface area contributed by atoms with Crippen molar-refractivity contribution in [1.82, 2.24) is 4.90 Å². The number of hydrogen-bond acceptors (Lipinski definition) is 1. The van der Waals surface area contributed by atoms with E-state index in [0.29, 0.717) is 0 Å². The number of anilines is 1. The van der Waals surface area contributed by atoms with Gasteiger partial charge in [-0.2, -0.15) is 0 Å². The maximum absolute atomic E-state index is 5.79. The summed E-state index contributed by atoms with van der Waals surface area (Å²) in [5, 5.41) is 4.14. The van der Waals surface area contributed by atoms with Crippen LogP contribution in [0.25, 0.3) is 0 Å². The largest absolute Gasteiger partial charge is 0.340 e. The average molecular weight is 467 g/mol. The first-order valence-corrected chi connectivity index (χ1v) is 11.0. The normalized spacial score (nSPS) is 11.2. The zero-order valence-electron chi connectivity index (χ0n) is 17.2. The van der Waals surface area contributed by atoms with Crippen molar-refractivity contribution < 1.29 is 0 Å². The molecular weight excluding hydrogens is 440 g/mol. The van der Waals surface area contributed by atoms with Crippen LogP contribution in [-0.2, 0) is 18.5 Å². The number of benzene rings is 3. The van der Waals surface area contributed by atoms with Crippen LogP contribution < -0.4 is 5.32 Å². The van der Waals surface area contributed by atoms with Crippen molar-refractivity contribution >= 4 is 38.9 Å². The second kappa shape index (κ2) is 9.55. The lowest BCUT2D eigenvalue weighted by Crippen LogP contribution is -2.33. The molecule has 3 aromatic rings. The second-order valence-electron chi connectivity index (χ2n) is 8.23. The summed E-state index contributed by atoms with van der Waals surface area (Å²) in [7, 11) is 0. The van der Waals surface area contributed by atoms with Gasteiger partial charge in [-0.25, -0.2) is 0 Å². The molecule has 3 rings (SSSR count). The molecular formula is C25H27BrN2S. The minimum absolute atomic E-state index is 0.139. The summed E-state index contributed by atoms with van der Waals surface area (Å²) in [6.45, 7) is 8.16. The third kappa shape index (κ3) is 6.41. The Labute approximate surface area is 188 Å². The molecule has 0 aromatic heterocycles. The van der Waals surface area contributed by atoms with E-state index in [0.717, 1.165) is 28.4 Å². The molecule has 0 bridgehead atoms. The van der Waals surface area contributed by atoms with Crippen LogP contribution >= 0.6 is 28.1 Å². The van der Waals surface area contributed by atoms with Gasteiger partial charge in [0.25, 0.3) is 0 Å². The lowest BCUT2D eigenvalue weighted by molar-refractivity contribution is 0.413. The highest BCUT2D eigenvalue weighted by Gasteiger charge is 2.15. The van der Waals surface area contributed by atoms with E-state index in [4.69, 9.17) is 12.2 Å². The van der Waals surface area contributed by atoms with Crippen LogP contribution in [0.15, 0.2) is 83.3 Å². The smallest absolute Gasteiger partial charge is 0.174 e. The number of rotatable bonds is 5. The Balaban J connectivity index is 1.76. The molecule has 0 saturated heterocycles. The zero-order chi connectivity index (χ0) is 20.9. The summed E-state index contributed by atoms with van der Waals surface area (Å²) in [5.41, 5.74) is 4.91. The summed E-state index contributed by atoms with van der Waals surface area (Å²) >= 11 is 9.30. The number of thiocarbonyl (C=S) groups is 1. The molecule has 2 nitrogen and oxygen atoms in total. The highest BCUT2D eigenvalue weighted by Crippen LogP contribution is 2.24. The number of nitrogens with one attached hydrogen (secondary N) is 1. The Morgan fingerprint density at radius 1 is 0.828 bits per heavy atom. The molecule has 0 unspecified atom stereocenters. The zero-order valence-corrected chi connectivity index (χ0v) is 19.6. The van der Waals surface area contributed by atoms with Crippen LogP contribution in [0.3, 0.4) is 0 Å². The fourth-order valence-corrected chi connectivity index (χ4v) is 3.58. The van der Waals surface area contributed by atoms with Crippen molar-refractivity contribution in [2.45, 2.75) is 39.3 Å². The van der Waals surface area contributed by atoms with Crippen LogP contribution in [0.5, 0.6) is 0 Å². The summed E-state index contributed by atoms with van der Waals surface area (Å²) < 4.78 is 1.08. The van der Waals surface area contributed by atoms with Gasteiger partial charge in [-0.1, -0.05) is 91.3 Å². The maximum Gasteiger partial charge on any atom is 0.174 e. The van der Waals surface area contributed by atoms with Gasteiger partial charge in [0.15, 0.2) is 5.11 Å². The van der Waals surface area contributed by atoms with Crippen LogP contribution in [0.1, 0.15) is 37.5 Å². The molecule has 0 saturated carbocycles. The molecule has 3 aromatic carbocycles. The quantitative estimate of drug-likeness (QED) is 0.401. The van der Waals surface area contributed by atoms with Gasteiger partial charge in [0.1, 0.15) is 0 Å². The molecule has 0 radical (unpaired) electrons. The Hall–Kier alpha value is -2.17. The highest BCUT2D eigenvalue weighted by atomic mass is 79.9. The number of nitrogens with zero attached hydrogens (tertiary/aromatic N) is 1. The molecule has 0 amide bonds. The minimum Gasteiger partial charge on any atom is -0.340 e. The Kier molecular flexibility index (Phi) is 7.09. The number of hydrogen-bond donors (Lipinski definition) is 1. The van der Waals surface area contributed by atoms with E-state index in [1.807, 2.05) is 6.07 Å². The van der Waals surface area contributed by atoms with Crippen LogP contribution in [0, 0.1) is 0 Å². The van der Waals surface area contributed by atoms with Crippen molar-refractivity contribution in [2.24, 2.45) is 0 Å². The summed E-state index contributed by atoms with van der Waals surface area (Å²) in [6.07, 6.45) is 0. The third-order valence-corrected chi connectivity index (χ3v) is 5.68. The Morgan fingerprint density at radius 3 is 1.93 bits per heavy atom. The van der Waals surface area contributed by atoms with Crippen molar-refractivity contribution in [1.29, 1.82) is 0 Å². The molecule has 0 aliphatic carbocycles. The molecule has 0 fully saturated rings. The van der Waals surface area contributed by atoms with Gasteiger partial charge >= 0.3 is 0 Å². The predicted octanol–water partition coefficient (Wildman–Crippen LogP) is 7.15. The van der Waals surface area contributed by atoms with Crippen LogP contribution in [-0.4, -0.2) is 10.0 Å². The lowest BCUT2D eigenvalue weighted by atomic mass is 9.87. The average Bonchev–Trinajstić information content (AvgIpc) is 2.69. The van der Waals surface area contributed by atoms with E-state index in [2.05, 4.69) is 120 Å². The SMILES string of the molecule is CC(C)(C)c1ccc(NC(=S)N(Cc2ccccc2)Cc2ccc(Br)cc2)cc1. The van der Waals surface area contributed by atoms with Crippen molar-refractivity contribution in [2.75, 3.05) is 5.32 Å². The van der Waals surface area contributed by atoms with Gasteiger partial charge in [0, 0.05) is 23.2 Å². The minimum atomic E-state index is 0.139. The van der Waals surface area contributed by atoms with Crippen LogP contribution in [0.4, 0.5) is 5.69 Å². The highest BCUT2D eigenvalue weighted by molar-refractivity contribution is 9.10. The summed E-state index contributed by atoms with van der Waals surface area (Å²) in [6, 6.07) is 27.4. The maximum atomic E-state index is 5.79. The van der Waals surface area contributed by atoms with Gasteiger partial charge in [0.05, 0.1) is 0 Å². The van der Waals surface area contributed by atoms with Crippen molar-refractivity contribution in [3.63, 3.8) is 0 Å². The van der Waals surface area contributed by atoms with E-state index in [-0.39, 0.29) is 5.41 Å². The summed E-state index contributed by atoms with van der Waals surface area (Å²) in [4.78, 5) is 2.20. The molecule has 0 heterocycles. The lowest BCUT2D eigenvalue weighted by Gasteiger charge is -2.27. The topological polar surface area (TPSA) is 15.3 Å². The predicted molar refractivity (Wildman–Crippen MR) is 131 cm³/mol. The molecule has 0 spiro atoms. The molecule has 0 aliphatic rings. The molecule has 1 N–H and O–H groups in total. The van der Waals surface area contributed by atoms with Crippen molar-refractivity contribution in [3.05, 3.63) is 100 Å². The Morgan fingerprint density at radius 2 is 1.38 bits per heavy atom. The van der Waals surface area contributed by atoms with Gasteiger partial charge in [0.2, 0.25) is 0 Å². The van der Waals surface area contributed by atoms with Gasteiger partial charge in [-0.05, 0) is 58.6 Å². The first-order chi connectivity index (χ1) is 13.8.